The molecule has 0 bridgehead atoms. The second-order valence-corrected chi connectivity index (χ2v) is 10.4. The van der Waals surface area contributed by atoms with Crippen molar-refractivity contribution in [3.05, 3.63) is 22.9 Å². The normalized spacial score (nSPS) is 16.9. The van der Waals surface area contributed by atoms with Crippen molar-refractivity contribution in [1.82, 2.24) is 24.4 Å². The zero-order valence-corrected chi connectivity index (χ0v) is 21.1. The van der Waals surface area contributed by atoms with E-state index in [1.807, 2.05) is 17.0 Å². The minimum absolute atomic E-state index is 0.0271. The predicted molar refractivity (Wildman–Crippen MR) is 132 cm³/mol. The largest absolute Gasteiger partial charge is 0.454 e. The Morgan fingerprint density at radius 2 is 2.00 bits per heavy atom. The molecule has 0 unspecified atom stereocenters. The van der Waals surface area contributed by atoms with Crippen LogP contribution in [0.15, 0.2) is 33.0 Å². The van der Waals surface area contributed by atoms with Gasteiger partial charge in [-0.15, -0.1) is 0 Å². The van der Waals surface area contributed by atoms with Crippen LogP contribution in [-0.2, 0) is 11.3 Å². The van der Waals surface area contributed by atoms with Crippen molar-refractivity contribution >= 4 is 50.6 Å². The molecule has 1 aromatic carbocycles. The van der Waals surface area contributed by atoms with Crippen molar-refractivity contribution in [2.45, 2.75) is 48.8 Å². The topological polar surface area (TPSA) is 134 Å². The van der Waals surface area contributed by atoms with Gasteiger partial charge in [-0.2, -0.15) is 0 Å². The lowest BCUT2D eigenvalue weighted by Gasteiger charge is -2.33. The number of halogens is 1. The maximum atomic E-state index is 12.2. The summed E-state index contributed by atoms with van der Waals surface area (Å²) in [6.07, 6.45) is 4.33. The molecule has 0 saturated carbocycles. The van der Waals surface area contributed by atoms with Crippen LogP contribution < -0.4 is 20.9 Å². The van der Waals surface area contributed by atoms with Crippen LogP contribution in [0.3, 0.4) is 0 Å². The van der Waals surface area contributed by atoms with Gasteiger partial charge in [0.2, 0.25) is 12.7 Å². The number of imidazole rings is 1. The zero-order chi connectivity index (χ0) is 23.8. The Hall–Kier alpha value is -2.57. The number of carbonyl (C=O) groups excluding carboxylic acids is 1. The number of likely N-dealkylation sites (tertiary alicyclic amines) is 1. The number of anilines is 1. The molecule has 0 aliphatic carbocycles. The maximum Gasteiger partial charge on any atom is 0.239 e. The molecule has 12 heteroatoms. The van der Waals surface area contributed by atoms with Gasteiger partial charge in [-0.1, -0.05) is 11.8 Å². The number of fused-ring (bicyclic) bond motifs is 2. The monoisotopic (exact) mass is 547 g/mol. The molecule has 10 nitrogen and oxygen atoms in total. The van der Waals surface area contributed by atoms with Crippen LogP contribution >= 0.6 is 27.7 Å². The zero-order valence-electron chi connectivity index (χ0n) is 18.7. The molecule has 2 aromatic heterocycles. The minimum atomic E-state index is -0.450. The maximum absolute atomic E-state index is 12.2. The lowest BCUT2D eigenvalue weighted by atomic mass is 9.93. The second kappa shape index (κ2) is 9.59. The highest BCUT2D eigenvalue weighted by Crippen LogP contribution is 2.43. The van der Waals surface area contributed by atoms with E-state index in [0.29, 0.717) is 28.8 Å². The number of piperidine rings is 1. The molecule has 4 N–H and O–H groups in total. The minimum Gasteiger partial charge on any atom is -0.454 e. The molecule has 0 spiro atoms. The first-order valence-corrected chi connectivity index (χ1v) is 12.8. The number of aryl methyl sites for hydroxylation is 1. The number of hydrogen-bond acceptors (Lipinski definition) is 9. The second-order valence-electron chi connectivity index (χ2n) is 8.56. The lowest BCUT2D eigenvalue weighted by Crippen LogP contribution is -2.46. The van der Waals surface area contributed by atoms with E-state index < -0.39 is 6.04 Å². The van der Waals surface area contributed by atoms with Crippen molar-refractivity contribution in [2.24, 2.45) is 11.7 Å². The van der Waals surface area contributed by atoms with E-state index in [1.54, 1.807) is 6.92 Å². The summed E-state index contributed by atoms with van der Waals surface area (Å²) in [7, 11) is 0. The van der Waals surface area contributed by atoms with E-state index in [-0.39, 0.29) is 12.7 Å². The Bertz CT molecular complexity index is 1230. The van der Waals surface area contributed by atoms with Gasteiger partial charge in [0.1, 0.15) is 6.33 Å². The van der Waals surface area contributed by atoms with Gasteiger partial charge in [0.25, 0.3) is 0 Å². The Morgan fingerprint density at radius 3 is 2.74 bits per heavy atom. The van der Waals surface area contributed by atoms with Crippen LogP contribution in [0.2, 0.25) is 0 Å². The molecule has 3 aromatic rings. The van der Waals surface area contributed by atoms with Crippen LogP contribution in [0, 0.1) is 5.92 Å². The van der Waals surface area contributed by atoms with Crippen LogP contribution in [0.1, 0.15) is 26.2 Å². The number of benzene rings is 1. The molecule has 180 valence electrons. The summed E-state index contributed by atoms with van der Waals surface area (Å²) < 4.78 is 14.0. The molecule has 0 radical (unpaired) electrons. The van der Waals surface area contributed by atoms with Crippen LogP contribution in [0.5, 0.6) is 11.5 Å². The molecule has 2 aliphatic heterocycles. The van der Waals surface area contributed by atoms with Gasteiger partial charge >= 0.3 is 0 Å². The van der Waals surface area contributed by atoms with E-state index >= 15 is 0 Å². The van der Waals surface area contributed by atoms with Gasteiger partial charge < -0.3 is 30.4 Å². The number of hydrogen-bond donors (Lipinski definition) is 2. The molecule has 5 rings (SSSR count). The molecule has 1 amide bonds. The third-order valence-electron chi connectivity index (χ3n) is 6.23. The number of nitrogens with zero attached hydrogens (tertiary/aromatic N) is 5. The summed E-state index contributed by atoms with van der Waals surface area (Å²) in [5.74, 6) is 2.32. The summed E-state index contributed by atoms with van der Waals surface area (Å²) >= 11 is 5.15. The summed E-state index contributed by atoms with van der Waals surface area (Å²) in [6.45, 7) is 4.19. The van der Waals surface area contributed by atoms with Crippen LogP contribution in [0.25, 0.3) is 11.2 Å². The first-order chi connectivity index (χ1) is 16.4. The van der Waals surface area contributed by atoms with Crippen LogP contribution in [0.4, 0.5) is 5.82 Å². The Labute approximate surface area is 209 Å². The van der Waals surface area contributed by atoms with Crippen LogP contribution in [-0.4, -0.2) is 56.3 Å². The fraction of sp³-hybridized carbons (Fsp3) is 0.455. The molecule has 34 heavy (non-hydrogen) atoms. The predicted octanol–water partition coefficient (Wildman–Crippen LogP) is 3.03. The highest BCUT2D eigenvalue weighted by atomic mass is 79.9. The SMILES string of the molecule is C[C@H](N)C(=O)N1CCC(CCn2c(Sc3cc4c(cc3Br)OCO4)nc3c(N)ncnc32)CC1. The van der Waals surface area contributed by atoms with Crippen molar-refractivity contribution < 1.29 is 14.3 Å². The number of nitrogens with two attached hydrogens (primary N) is 2. The Balaban J connectivity index is 1.36. The standard InChI is InChI=1S/C22H26BrN7O3S/c1-12(24)21(31)29-5-2-13(3-6-29)4-7-30-20-18(19(25)26-10-27-20)28-22(30)34-17-9-16-15(8-14(17)23)32-11-33-16/h8-10,12-13H,2-7,11,24H2,1H3,(H2,25,26,27)/t12-/m0/s1. The van der Waals surface area contributed by atoms with Gasteiger partial charge in [0.05, 0.1) is 6.04 Å². The van der Waals surface area contributed by atoms with Crippen molar-refractivity contribution in [2.75, 3.05) is 25.6 Å². The van der Waals surface area contributed by atoms with Gasteiger partial charge in [0, 0.05) is 29.0 Å². The van der Waals surface area contributed by atoms with Gasteiger partial charge in [-0.3, -0.25) is 4.79 Å². The molecule has 1 atom stereocenters. The summed E-state index contributed by atoms with van der Waals surface area (Å²) in [5.41, 5.74) is 13.2. The average molecular weight is 548 g/mol. The van der Waals surface area contributed by atoms with E-state index in [1.165, 1.54) is 18.1 Å². The number of ether oxygens (including phenoxy) is 2. The highest BCUT2D eigenvalue weighted by molar-refractivity contribution is 9.10. The number of carbonyl (C=O) groups is 1. The van der Waals surface area contributed by atoms with E-state index in [0.717, 1.165) is 59.1 Å². The third-order valence-corrected chi connectivity index (χ3v) is 8.20. The molecule has 1 fully saturated rings. The number of aromatic nitrogens is 4. The summed E-state index contributed by atoms with van der Waals surface area (Å²) in [5, 5.41) is 0.784. The Morgan fingerprint density at radius 1 is 1.26 bits per heavy atom. The number of amides is 1. The molecule has 2 aliphatic rings. The molecular formula is C22H26BrN7O3S. The molecule has 4 heterocycles. The van der Waals surface area contributed by atoms with Gasteiger partial charge in [-0.25, -0.2) is 15.0 Å². The van der Waals surface area contributed by atoms with E-state index in [4.69, 9.17) is 25.9 Å². The van der Waals surface area contributed by atoms with Crippen molar-refractivity contribution in [3.63, 3.8) is 0 Å². The summed E-state index contributed by atoms with van der Waals surface area (Å²) in [4.78, 5) is 28.4. The highest BCUT2D eigenvalue weighted by Gasteiger charge is 2.26. The van der Waals surface area contributed by atoms with E-state index in [2.05, 4.69) is 30.5 Å². The number of nitrogen functional groups attached to an aromatic ring is 1. The first-order valence-electron chi connectivity index (χ1n) is 11.2. The van der Waals surface area contributed by atoms with Crippen molar-refractivity contribution in [3.8, 4) is 11.5 Å². The lowest BCUT2D eigenvalue weighted by molar-refractivity contribution is -0.133. The summed E-state index contributed by atoms with van der Waals surface area (Å²) in [6, 6.07) is 3.40. The van der Waals surface area contributed by atoms with Gasteiger partial charge in [-0.05, 0) is 60.2 Å². The van der Waals surface area contributed by atoms with Gasteiger partial charge in [0.15, 0.2) is 33.6 Å². The Kier molecular flexibility index (Phi) is 6.54. The fourth-order valence-electron chi connectivity index (χ4n) is 4.33. The van der Waals surface area contributed by atoms with E-state index in [9.17, 15) is 4.79 Å². The fourth-order valence-corrected chi connectivity index (χ4v) is 5.84. The molecule has 1 saturated heterocycles. The first kappa shape index (κ1) is 23.2. The average Bonchev–Trinajstić information content (AvgIpc) is 3.42. The number of rotatable bonds is 6. The smallest absolute Gasteiger partial charge is 0.239 e. The van der Waals surface area contributed by atoms with Crippen molar-refractivity contribution in [1.29, 1.82) is 0 Å². The quantitative estimate of drug-likeness (QED) is 0.477. The third kappa shape index (κ3) is 4.53. The molecular weight excluding hydrogens is 522 g/mol.